The number of hydrogen-bond donors (Lipinski definition) is 0. The summed E-state index contributed by atoms with van der Waals surface area (Å²) in [6.07, 6.45) is 2.01. The zero-order valence-electron chi connectivity index (χ0n) is 10.9. The van der Waals surface area contributed by atoms with Gasteiger partial charge in [0.1, 0.15) is 5.82 Å². The van der Waals surface area contributed by atoms with Crippen LogP contribution < -0.4 is 4.90 Å². The quantitative estimate of drug-likeness (QED) is 0.639. The van der Waals surface area contributed by atoms with Crippen LogP contribution in [0.5, 0.6) is 0 Å². The first kappa shape index (κ1) is 13.6. The lowest BCUT2D eigenvalue weighted by atomic mass is 10.2. The highest BCUT2D eigenvalue weighted by molar-refractivity contribution is 9.08. The Balaban J connectivity index is 2.13. The van der Waals surface area contributed by atoms with Gasteiger partial charge in [-0.2, -0.15) is 0 Å². The number of aromatic nitrogens is 2. The number of hydrogen-bond acceptors (Lipinski definition) is 3. The average Bonchev–Trinajstić information content (AvgIpc) is 3.00. The van der Waals surface area contributed by atoms with Crippen molar-refractivity contribution in [3.05, 3.63) is 47.4 Å². The molecule has 2 heterocycles. The highest BCUT2D eigenvalue weighted by Gasteiger charge is 2.18. The predicted molar refractivity (Wildman–Crippen MR) is 84.8 cm³/mol. The maximum Gasteiger partial charge on any atom is 0.195 e. The van der Waals surface area contributed by atoms with E-state index >= 15 is 0 Å². The van der Waals surface area contributed by atoms with Gasteiger partial charge in [0.15, 0.2) is 10.8 Å². The molecule has 0 aliphatic rings. The van der Waals surface area contributed by atoms with E-state index in [0.29, 0.717) is 5.33 Å². The number of rotatable bonds is 4. The van der Waals surface area contributed by atoms with Crippen LogP contribution in [-0.2, 0) is 5.33 Å². The molecule has 3 nitrogen and oxygen atoms in total. The Kier molecular flexibility index (Phi) is 3.76. The number of halogens is 2. The summed E-state index contributed by atoms with van der Waals surface area (Å²) in [5.74, 6) is 0.643. The molecule has 0 N–H and O–H groups in total. The van der Waals surface area contributed by atoms with E-state index in [1.54, 1.807) is 17.4 Å². The Morgan fingerprint density at radius 2 is 2.30 bits per heavy atom. The molecule has 0 radical (unpaired) electrons. The molecule has 6 heteroatoms. The number of anilines is 2. The van der Waals surface area contributed by atoms with Crippen molar-refractivity contribution < 1.29 is 4.39 Å². The number of imidazole rings is 1. The molecule has 0 unspecified atom stereocenters. The Morgan fingerprint density at radius 1 is 1.45 bits per heavy atom. The van der Waals surface area contributed by atoms with Crippen molar-refractivity contribution in [2.24, 2.45) is 0 Å². The van der Waals surface area contributed by atoms with Crippen LogP contribution in [0.25, 0.3) is 4.96 Å². The molecule has 3 rings (SSSR count). The smallest absolute Gasteiger partial charge is 0.195 e. The van der Waals surface area contributed by atoms with Gasteiger partial charge in [-0.3, -0.25) is 4.40 Å². The van der Waals surface area contributed by atoms with Crippen molar-refractivity contribution in [1.29, 1.82) is 0 Å². The molecule has 1 aromatic carbocycles. The maximum atomic E-state index is 13.4. The Bertz CT molecular complexity index is 737. The SMILES string of the molecule is CCN(c1cccc(F)c1)c1nc2sccn2c1CBr. The van der Waals surface area contributed by atoms with Crippen molar-refractivity contribution in [3.8, 4) is 0 Å². The highest BCUT2D eigenvalue weighted by Crippen LogP contribution is 2.31. The van der Waals surface area contributed by atoms with Crippen LogP contribution in [0.4, 0.5) is 15.9 Å². The van der Waals surface area contributed by atoms with Crippen LogP contribution in [0.3, 0.4) is 0 Å². The van der Waals surface area contributed by atoms with Crippen molar-refractivity contribution in [1.82, 2.24) is 9.38 Å². The lowest BCUT2D eigenvalue weighted by Crippen LogP contribution is -2.18. The molecule has 0 spiro atoms. The molecule has 0 aliphatic carbocycles. The molecule has 104 valence electrons. The summed E-state index contributed by atoms with van der Waals surface area (Å²) in [7, 11) is 0. The first-order valence-corrected chi connectivity index (χ1v) is 8.28. The van der Waals surface area contributed by atoms with Crippen LogP contribution in [0.15, 0.2) is 35.8 Å². The van der Waals surface area contributed by atoms with Crippen molar-refractivity contribution >= 4 is 43.7 Å². The first-order valence-electron chi connectivity index (χ1n) is 6.28. The third-order valence-electron chi connectivity index (χ3n) is 3.16. The van der Waals surface area contributed by atoms with E-state index in [1.807, 2.05) is 29.5 Å². The van der Waals surface area contributed by atoms with E-state index in [0.717, 1.165) is 28.7 Å². The van der Waals surface area contributed by atoms with Gasteiger partial charge in [0.05, 0.1) is 5.69 Å². The third kappa shape index (κ3) is 2.23. The van der Waals surface area contributed by atoms with Crippen LogP contribution in [0.1, 0.15) is 12.6 Å². The monoisotopic (exact) mass is 353 g/mol. The minimum Gasteiger partial charge on any atom is -0.325 e. The summed E-state index contributed by atoms with van der Waals surface area (Å²) in [5.41, 5.74) is 1.90. The lowest BCUT2D eigenvalue weighted by molar-refractivity contribution is 0.627. The van der Waals surface area contributed by atoms with Gasteiger partial charge in [-0.1, -0.05) is 22.0 Å². The van der Waals surface area contributed by atoms with Crippen LogP contribution in [0.2, 0.25) is 0 Å². The molecular formula is C14H13BrFN3S. The second kappa shape index (κ2) is 5.54. The lowest BCUT2D eigenvalue weighted by Gasteiger charge is -2.21. The molecule has 0 bridgehead atoms. The van der Waals surface area contributed by atoms with Crippen molar-refractivity contribution in [2.45, 2.75) is 12.3 Å². The summed E-state index contributed by atoms with van der Waals surface area (Å²) in [6, 6.07) is 6.61. The number of alkyl halides is 1. The molecule has 0 aliphatic heterocycles. The van der Waals surface area contributed by atoms with E-state index in [1.165, 1.54) is 12.1 Å². The number of nitrogens with zero attached hydrogens (tertiary/aromatic N) is 3. The zero-order valence-corrected chi connectivity index (χ0v) is 13.3. The number of fused-ring (bicyclic) bond motifs is 1. The van der Waals surface area contributed by atoms with Crippen LogP contribution >= 0.6 is 27.3 Å². The minimum atomic E-state index is -0.234. The van der Waals surface area contributed by atoms with Crippen LogP contribution in [0, 0.1) is 5.82 Å². The maximum absolute atomic E-state index is 13.4. The van der Waals surface area contributed by atoms with Gasteiger partial charge < -0.3 is 4.90 Å². The Labute approximate surface area is 128 Å². The fourth-order valence-electron chi connectivity index (χ4n) is 2.26. The van der Waals surface area contributed by atoms with Gasteiger partial charge in [0.2, 0.25) is 0 Å². The predicted octanol–water partition coefficient (Wildman–Crippen LogP) is 4.59. The molecule has 0 saturated carbocycles. The van der Waals surface area contributed by atoms with Gasteiger partial charge >= 0.3 is 0 Å². The van der Waals surface area contributed by atoms with Crippen LogP contribution in [-0.4, -0.2) is 15.9 Å². The second-order valence-electron chi connectivity index (χ2n) is 4.30. The largest absolute Gasteiger partial charge is 0.325 e. The molecule has 0 saturated heterocycles. The second-order valence-corrected chi connectivity index (χ2v) is 5.73. The molecule has 2 aromatic heterocycles. The average molecular weight is 354 g/mol. The van der Waals surface area contributed by atoms with Crippen molar-refractivity contribution in [2.75, 3.05) is 11.4 Å². The van der Waals surface area contributed by atoms with Gasteiger partial charge in [-0.05, 0) is 25.1 Å². The molecule has 20 heavy (non-hydrogen) atoms. The van der Waals surface area contributed by atoms with E-state index < -0.39 is 0 Å². The third-order valence-corrected chi connectivity index (χ3v) is 4.45. The fraction of sp³-hybridized carbons (Fsp3) is 0.214. The molecule has 0 atom stereocenters. The van der Waals surface area contributed by atoms with E-state index in [9.17, 15) is 4.39 Å². The normalized spacial score (nSPS) is 11.2. The summed E-state index contributed by atoms with van der Waals surface area (Å²) in [5, 5.41) is 2.71. The Morgan fingerprint density at radius 3 is 3.00 bits per heavy atom. The van der Waals surface area contributed by atoms with E-state index in [2.05, 4.69) is 25.3 Å². The molecular weight excluding hydrogens is 341 g/mol. The summed E-state index contributed by atoms with van der Waals surface area (Å²) < 4.78 is 15.5. The summed E-state index contributed by atoms with van der Waals surface area (Å²) in [4.78, 5) is 7.65. The molecule has 0 fully saturated rings. The minimum absolute atomic E-state index is 0.234. The summed E-state index contributed by atoms with van der Waals surface area (Å²) in [6.45, 7) is 2.77. The van der Waals surface area contributed by atoms with Gasteiger partial charge in [-0.15, -0.1) is 11.3 Å². The molecule has 0 amide bonds. The topological polar surface area (TPSA) is 20.5 Å². The fourth-order valence-corrected chi connectivity index (χ4v) is 3.51. The highest BCUT2D eigenvalue weighted by atomic mass is 79.9. The van der Waals surface area contributed by atoms with E-state index in [4.69, 9.17) is 0 Å². The standard InChI is InChI=1S/C14H13BrFN3S/c1-2-18(11-5-3-4-10(16)8-11)13-12(9-15)19-6-7-20-14(19)17-13/h3-8H,2,9H2,1H3. The number of benzene rings is 1. The Hall–Kier alpha value is -1.40. The van der Waals surface area contributed by atoms with E-state index in [-0.39, 0.29) is 5.82 Å². The zero-order chi connectivity index (χ0) is 14.1. The molecule has 3 aromatic rings. The van der Waals surface area contributed by atoms with Gasteiger partial charge in [0.25, 0.3) is 0 Å². The number of thiazole rings is 1. The van der Waals surface area contributed by atoms with Crippen molar-refractivity contribution in [3.63, 3.8) is 0 Å². The summed E-state index contributed by atoms with van der Waals surface area (Å²) >= 11 is 5.12. The van der Waals surface area contributed by atoms with Gasteiger partial charge in [0, 0.05) is 29.1 Å². The van der Waals surface area contributed by atoms with Gasteiger partial charge in [-0.25, -0.2) is 9.37 Å². The first-order chi connectivity index (χ1) is 9.74.